The molecular weight excluding hydrogens is 297 g/mol. The lowest BCUT2D eigenvalue weighted by atomic mass is 10.1. The van der Waals surface area contributed by atoms with Crippen molar-refractivity contribution >= 4 is 0 Å². The van der Waals surface area contributed by atoms with Gasteiger partial charge in [0, 0.05) is 18.8 Å². The Bertz CT molecular complexity index is 616. The van der Waals surface area contributed by atoms with Gasteiger partial charge in [0.1, 0.15) is 6.10 Å². The van der Waals surface area contributed by atoms with Crippen molar-refractivity contribution in [2.24, 2.45) is 5.92 Å². The number of alkyl halides is 1. The maximum absolute atomic E-state index is 14.7. The number of hydrogen-bond acceptors (Lipinski definition) is 6. The van der Waals surface area contributed by atoms with Gasteiger partial charge in [-0.05, 0) is 5.92 Å². The predicted octanol–water partition coefficient (Wildman–Crippen LogP) is -0.520. The number of aromatic amines is 1. The molecule has 0 saturated carbocycles. The summed E-state index contributed by atoms with van der Waals surface area (Å²) in [5, 5.41) is 20.2. The number of rotatable bonds is 5. The quantitative estimate of drug-likeness (QED) is 0.631. The standard InChI is InChI=1S/C13H20FN3O5/c1-7(2)5-17(21)11-8(6-18)22-12(10(11)14)16-4-3-9(19)15-13(16)20/h3-4,7-8,10-12,18,21H,5-6H2,1-2H3,(H,15,19,20)/t8-,10+,11-,12-/m1/s1. The van der Waals surface area contributed by atoms with Crippen LogP contribution in [-0.2, 0) is 4.74 Å². The minimum Gasteiger partial charge on any atom is -0.394 e. The number of hydrogen-bond donors (Lipinski definition) is 3. The van der Waals surface area contributed by atoms with Gasteiger partial charge in [-0.15, -0.1) is 0 Å². The van der Waals surface area contributed by atoms with Gasteiger partial charge in [0.25, 0.3) is 5.56 Å². The molecule has 0 aromatic carbocycles. The van der Waals surface area contributed by atoms with E-state index in [9.17, 15) is 24.3 Å². The van der Waals surface area contributed by atoms with Gasteiger partial charge in [0.05, 0.1) is 12.6 Å². The largest absolute Gasteiger partial charge is 0.394 e. The van der Waals surface area contributed by atoms with Crippen molar-refractivity contribution in [3.8, 4) is 0 Å². The van der Waals surface area contributed by atoms with Crippen LogP contribution in [-0.4, -0.2) is 56.4 Å². The molecule has 1 aromatic rings. The van der Waals surface area contributed by atoms with Crippen LogP contribution in [0, 0.1) is 5.92 Å². The molecule has 0 radical (unpaired) electrons. The lowest BCUT2D eigenvalue weighted by Crippen LogP contribution is -2.47. The minimum absolute atomic E-state index is 0.0754. The van der Waals surface area contributed by atoms with Crippen molar-refractivity contribution in [3.05, 3.63) is 33.1 Å². The summed E-state index contributed by atoms with van der Waals surface area (Å²) in [4.78, 5) is 24.8. The van der Waals surface area contributed by atoms with E-state index in [1.807, 2.05) is 18.8 Å². The highest BCUT2D eigenvalue weighted by atomic mass is 19.1. The fourth-order valence-electron chi connectivity index (χ4n) is 2.56. The molecule has 22 heavy (non-hydrogen) atoms. The average Bonchev–Trinajstić information content (AvgIpc) is 2.75. The summed E-state index contributed by atoms with van der Waals surface area (Å²) in [5.41, 5.74) is -1.42. The third kappa shape index (κ3) is 3.27. The second-order valence-corrected chi connectivity index (χ2v) is 5.72. The van der Waals surface area contributed by atoms with Gasteiger partial charge in [0.15, 0.2) is 12.4 Å². The van der Waals surface area contributed by atoms with Crippen LogP contribution in [0.2, 0.25) is 0 Å². The Labute approximate surface area is 125 Å². The average molecular weight is 317 g/mol. The molecular formula is C13H20FN3O5. The number of hydroxylamine groups is 2. The fraction of sp³-hybridized carbons (Fsp3) is 0.692. The molecule has 1 saturated heterocycles. The van der Waals surface area contributed by atoms with Gasteiger partial charge < -0.3 is 15.1 Å². The zero-order valence-corrected chi connectivity index (χ0v) is 12.3. The van der Waals surface area contributed by atoms with Gasteiger partial charge >= 0.3 is 5.69 Å². The van der Waals surface area contributed by atoms with E-state index in [2.05, 4.69) is 0 Å². The van der Waals surface area contributed by atoms with E-state index in [-0.39, 0.29) is 12.5 Å². The van der Waals surface area contributed by atoms with Crippen LogP contribution in [0.1, 0.15) is 20.1 Å². The molecule has 0 spiro atoms. The molecule has 1 aliphatic heterocycles. The summed E-state index contributed by atoms with van der Waals surface area (Å²) < 4.78 is 20.9. The first-order chi connectivity index (χ1) is 10.3. The van der Waals surface area contributed by atoms with Gasteiger partial charge in [-0.1, -0.05) is 13.8 Å². The van der Waals surface area contributed by atoms with Crippen molar-refractivity contribution in [1.82, 2.24) is 14.6 Å². The fourth-order valence-corrected chi connectivity index (χ4v) is 2.56. The number of H-pyrrole nitrogens is 1. The lowest BCUT2D eigenvalue weighted by Gasteiger charge is -2.27. The van der Waals surface area contributed by atoms with Gasteiger partial charge in [-0.25, -0.2) is 9.18 Å². The molecule has 1 aromatic heterocycles. The molecule has 0 aliphatic carbocycles. The molecule has 8 nitrogen and oxygen atoms in total. The van der Waals surface area contributed by atoms with Crippen LogP contribution in [0.25, 0.3) is 0 Å². The minimum atomic E-state index is -1.75. The predicted molar refractivity (Wildman–Crippen MR) is 74.3 cm³/mol. The number of ether oxygens (including phenoxy) is 1. The highest BCUT2D eigenvalue weighted by molar-refractivity contribution is 4.96. The zero-order valence-electron chi connectivity index (χ0n) is 12.3. The van der Waals surface area contributed by atoms with Crippen LogP contribution in [0.15, 0.2) is 21.9 Å². The van der Waals surface area contributed by atoms with E-state index in [4.69, 9.17) is 4.74 Å². The summed E-state index contributed by atoms with van der Waals surface area (Å²) in [6.45, 7) is 3.39. The molecule has 0 bridgehead atoms. The third-order valence-corrected chi connectivity index (χ3v) is 3.50. The molecule has 1 fully saturated rings. The van der Waals surface area contributed by atoms with Crippen molar-refractivity contribution in [3.63, 3.8) is 0 Å². The van der Waals surface area contributed by atoms with E-state index in [0.29, 0.717) is 0 Å². The monoisotopic (exact) mass is 317 g/mol. The summed E-state index contributed by atoms with van der Waals surface area (Å²) in [7, 11) is 0. The first-order valence-electron chi connectivity index (χ1n) is 7.02. The second kappa shape index (κ2) is 6.69. The molecule has 2 heterocycles. The number of halogens is 1. The van der Waals surface area contributed by atoms with Gasteiger partial charge in [0.2, 0.25) is 0 Å². The summed E-state index contributed by atoms with van der Waals surface area (Å²) in [6, 6.07) is -0.0277. The first kappa shape index (κ1) is 16.8. The Morgan fingerprint density at radius 1 is 1.50 bits per heavy atom. The van der Waals surface area contributed by atoms with Crippen molar-refractivity contribution in [1.29, 1.82) is 0 Å². The van der Waals surface area contributed by atoms with Crippen LogP contribution in [0.4, 0.5) is 4.39 Å². The molecule has 1 aliphatic rings. The van der Waals surface area contributed by atoms with E-state index in [1.54, 1.807) is 0 Å². The molecule has 4 atom stereocenters. The summed E-state index contributed by atoms with van der Waals surface area (Å²) in [5.74, 6) is 0.0754. The molecule has 9 heteroatoms. The number of nitrogens with one attached hydrogen (secondary N) is 1. The number of aromatic nitrogens is 2. The number of aliphatic hydroxyl groups excluding tert-OH is 1. The Hall–Kier alpha value is -1.55. The maximum Gasteiger partial charge on any atom is 0.330 e. The van der Waals surface area contributed by atoms with E-state index in [1.165, 1.54) is 0 Å². The van der Waals surface area contributed by atoms with Crippen LogP contribution < -0.4 is 11.2 Å². The Balaban J connectivity index is 2.29. The number of nitrogens with zero attached hydrogens (tertiary/aromatic N) is 2. The van der Waals surface area contributed by atoms with Crippen LogP contribution in [0.5, 0.6) is 0 Å². The van der Waals surface area contributed by atoms with E-state index < -0.39 is 42.4 Å². The van der Waals surface area contributed by atoms with Crippen molar-refractivity contribution in [2.75, 3.05) is 13.2 Å². The SMILES string of the molecule is CC(C)CN(O)[C@H]1[C@H](F)[C@H](n2ccc(=O)[nH]c2=O)O[C@@H]1CO. The molecule has 0 amide bonds. The highest BCUT2D eigenvalue weighted by Gasteiger charge is 2.49. The van der Waals surface area contributed by atoms with E-state index in [0.717, 1.165) is 21.9 Å². The topological polar surface area (TPSA) is 108 Å². The Morgan fingerprint density at radius 2 is 2.18 bits per heavy atom. The summed E-state index contributed by atoms with van der Waals surface area (Å²) in [6.07, 6.45) is -2.93. The smallest absolute Gasteiger partial charge is 0.330 e. The number of aliphatic hydroxyl groups is 1. The molecule has 124 valence electrons. The molecule has 2 rings (SSSR count). The van der Waals surface area contributed by atoms with Gasteiger partial charge in [-0.3, -0.25) is 14.3 Å². The molecule has 0 unspecified atom stereocenters. The van der Waals surface area contributed by atoms with E-state index >= 15 is 0 Å². The van der Waals surface area contributed by atoms with Crippen molar-refractivity contribution < 1.29 is 19.4 Å². The maximum atomic E-state index is 14.7. The van der Waals surface area contributed by atoms with Crippen LogP contribution in [0.3, 0.4) is 0 Å². The first-order valence-corrected chi connectivity index (χ1v) is 7.02. The molecule has 3 N–H and O–H groups in total. The lowest BCUT2D eigenvalue weighted by molar-refractivity contribution is -0.160. The Morgan fingerprint density at radius 3 is 2.73 bits per heavy atom. The van der Waals surface area contributed by atoms with Crippen LogP contribution >= 0.6 is 0 Å². The van der Waals surface area contributed by atoms with Gasteiger partial charge in [-0.2, -0.15) is 5.06 Å². The second-order valence-electron chi connectivity index (χ2n) is 5.72. The normalized spacial score (nSPS) is 28.7. The van der Waals surface area contributed by atoms with Crippen molar-refractivity contribution in [2.45, 2.75) is 38.4 Å². The Kier molecular flexibility index (Phi) is 5.12. The summed E-state index contributed by atoms with van der Waals surface area (Å²) >= 11 is 0. The third-order valence-electron chi connectivity index (χ3n) is 3.50. The highest BCUT2D eigenvalue weighted by Crippen LogP contribution is 2.33. The zero-order chi connectivity index (χ0) is 16.4.